The van der Waals surface area contributed by atoms with Crippen LogP contribution in [0.2, 0.25) is 0 Å². The lowest BCUT2D eigenvalue weighted by molar-refractivity contribution is -0.118. The molecule has 1 aromatic rings. The fraction of sp³-hybridized carbons (Fsp3) is 0.417. The Bertz CT molecular complexity index is 368. The topological polar surface area (TPSA) is 29.1 Å². The third kappa shape index (κ3) is 4.41. The van der Waals surface area contributed by atoms with E-state index in [1.807, 2.05) is 7.05 Å². The minimum Gasteiger partial charge on any atom is -0.320 e. The molecule has 4 heteroatoms. The second-order valence-corrected chi connectivity index (χ2v) is 4.51. The maximum Gasteiger partial charge on any atom is 0.137 e. The van der Waals surface area contributed by atoms with Gasteiger partial charge >= 0.3 is 0 Å². The van der Waals surface area contributed by atoms with Crippen LogP contribution in [0.25, 0.3) is 0 Å². The molecule has 0 aliphatic carbocycles. The van der Waals surface area contributed by atoms with Crippen LogP contribution in [-0.2, 0) is 11.2 Å². The number of hydrogen-bond donors (Lipinski definition) is 1. The van der Waals surface area contributed by atoms with Crippen molar-refractivity contribution in [3.63, 3.8) is 0 Å². The van der Waals surface area contributed by atoms with E-state index >= 15 is 0 Å². The van der Waals surface area contributed by atoms with Gasteiger partial charge in [0.2, 0.25) is 0 Å². The molecular weight excluding hydrogens is 273 g/mol. The van der Waals surface area contributed by atoms with E-state index in [2.05, 4.69) is 21.2 Å². The van der Waals surface area contributed by atoms with Gasteiger partial charge in [0.15, 0.2) is 0 Å². The fourth-order valence-electron chi connectivity index (χ4n) is 1.43. The largest absolute Gasteiger partial charge is 0.320 e. The van der Waals surface area contributed by atoms with Crippen LogP contribution < -0.4 is 5.32 Å². The predicted octanol–water partition coefficient (Wildman–Crippen LogP) is 2.70. The van der Waals surface area contributed by atoms with Gasteiger partial charge in [-0.15, -0.1) is 0 Å². The van der Waals surface area contributed by atoms with E-state index in [4.69, 9.17) is 0 Å². The molecule has 1 rings (SSSR count). The number of Topliss-reactive ketones (excluding diaryl/α,β-unsaturated/α-hetero) is 1. The number of hydrogen-bond acceptors (Lipinski definition) is 2. The summed E-state index contributed by atoms with van der Waals surface area (Å²) in [5.74, 6) is -0.110. The van der Waals surface area contributed by atoms with Crippen molar-refractivity contribution in [1.29, 1.82) is 0 Å². The third-order valence-corrected chi connectivity index (χ3v) is 3.02. The minimum atomic E-state index is -0.293. The Morgan fingerprint density at radius 1 is 1.50 bits per heavy atom. The van der Waals surface area contributed by atoms with Gasteiger partial charge in [-0.25, -0.2) is 4.39 Å². The second kappa shape index (κ2) is 6.76. The molecule has 0 spiro atoms. The summed E-state index contributed by atoms with van der Waals surface area (Å²) in [6, 6.07) is 4.41. The van der Waals surface area contributed by atoms with Gasteiger partial charge in [0.05, 0.1) is 0 Å². The van der Waals surface area contributed by atoms with Crippen LogP contribution in [0.5, 0.6) is 0 Å². The monoisotopic (exact) mass is 287 g/mol. The molecule has 0 amide bonds. The van der Waals surface area contributed by atoms with Crippen LogP contribution in [0.1, 0.15) is 18.4 Å². The average molecular weight is 288 g/mol. The van der Waals surface area contributed by atoms with Crippen molar-refractivity contribution in [2.24, 2.45) is 0 Å². The first-order chi connectivity index (χ1) is 7.63. The summed E-state index contributed by atoms with van der Waals surface area (Å²) in [5.41, 5.74) is 0.843. The number of rotatable bonds is 6. The van der Waals surface area contributed by atoms with Crippen LogP contribution in [0.4, 0.5) is 4.39 Å². The van der Waals surface area contributed by atoms with Gasteiger partial charge in [-0.3, -0.25) is 4.79 Å². The molecule has 0 heterocycles. The van der Waals surface area contributed by atoms with Crippen molar-refractivity contribution < 1.29 is 9.18 Å². The first-order valence-corrected chi connectivity index (χ1v) is 6.03. The zero-order valence-corrected chi connectivity index (χ0v) is 10.8. The molecule has 0 unspecified atom stereocenters. The summed E-state index contributed by atoms with van der Waals surface area (Å²) >= 11 is 3.25. The van der Waals surface area contributed by atoms with Crippen LogP contribution in [0.3, 0.4) is 0 Å². The molecule has 0 radical (unpaired) electrons. The maximum absolute atomic E-state index is 12.8. The molecule has 0 aliphatic rings. The second-order valence-electron chi connectivity index (χ2n) is 3.66. The van der Waals surface area contributed by atoms with Crippen molar-refractivity contribution in [2.45, 2.75) is 19.3 Å². The van der Waals surface area contributed by atoms with Crippen LogP contribution >= 0.6 is 15.9 Å². The highest BCUT2D eigenvalue weighted by Crippen LogP contribution is 2.19. The molecule has 1 aromatic carbocycles. The fourth-order valence-corrected chi connectivity index (χ4v) is 1.92. The van der Waals surface area contributed by atoms with E-state index < -0.39 is 0 Å². The zero-order chi connectivity index (χ0) is 12.0. The Hall–Kier alpha value is -0.740. The highest BCUT2D eigenvalue weighted by molar-refractivity contribution is 9.10. The lowest BCUT2D eigenvalue weighted by atomic mass is 10.1. The molecule has 0 saturated heterocycles. The van der Waals surface area contributed by atoms with Crippen LogP contribution in [0.15, 0.2) is 22.7 Å². The molecule has 0 bridgehead atoms. The highest BCUT2D eigenvalue weighted by atomic mass is 79.9. The summed E-state index contributed by atoms with van der Waals surface area (Å²) in [4.78, 5) is 11.6. The quantitative estimate of drug-likeness (QED) is 0.815. The Labute approximate surface area is 103 Å². The molecule has 16 heavy (non-hydrogen) atoms. The minimum absolute atomic E-state index is 0.183. The average Bonchev–Trinajstić information content (AvgIpc) is 2.23. The maximum atomic E-state index is 12.8. The number of benzene rings is 1. The van der Waals surface area contributed by atoms with Crippen molar-refractivity contribution in [1.82, 2.24) is 5.32 Å². The molecule has 0 saturated carbocycles. The highest BCUT2D eigenvalue weighted by Gasteiger charge is 2.07. The Kier molecular flexibility index (Phi) is 5.63. The first-order valence-electron chi connectivity index (χ1n) is 5.23. The molecule has 88 valence electrons. The summed E-state index contributed by atoms with van der Waals surface area (Å²) in [6.07, 6.45) is 1.77. The Balaban J connectivity index is 2.49. The van der Waals surface area contributed by atoms with E-state index in [1.54, 1.807) is 6.07 Å². The molecule has 0 aliphatic heterocycles. The SMILES string of the molecule is CNCCCC(=O)Cc1ccc(F)cc1Br. The molecular formula is C12H15BrFNO. The first kappa shape index (κ1) is 13.3. The number of carbonyl (C=O) groups excluding carboxylic acids is 1. The summed E-state index contributed by atoms with van der Waals surface area (Å²) < 4.78 is 13.5. The molecule has 1 N–H and O–H groups in total. The van der Waals surface area contributed by atoms with E-state index in [1.165, 1.54) is 12.1 Å². The molecule has 0 atom stereocenters. The number of carbonyl (C=O) groups is 1. The Morgan fingerprint density at radius 2 is 2.25 bits per heavy atom. The van der Waals surface area contributed by atoms with E-state index in [-0.39, 0.29) is 11.6 Å². The van der Waals surface area contributed by atoms with E-state index in [0.717, 1.165) is 18.5 Å². The molecule has 2 nitrogen and oxygen atoms in total. The third-order valence-electron chi connectivity index (χ3n) is 2.29. The van der Waals surface area contributed by atoms with E-state index in [0.29, 0.717) is 17.3 Å². The van der Waals surface area contributed by atoms with Gasteiger partial charge in [0.25, 0.3) is 0 Å². The normalized spacial score (nSPS) is 10.4. The van der Waals surface area contributed by atoms with Gasteiger partial charge in [0, 0.05) is 17.3 Å². The van der Waals surface area contributed by atoms with Crippen molar-refractivity contribution in [3.05, 3.63) is 34.1 Å². The molecule has 0 fully saturated rings. The van der Waals surface area contributed by atoms with Crippen molar-refractivity contribution in [2.75, 3.05) is 13.6 Å². The number of ketones is 1. The number of halogens is 2. The predicted molar refractivity (Wildman–Crippen MR) is 66.0 cm³/mol. The van der Waals surface area contributed by atoms with Crippen molar-refractivity contribution >= 4 is 21.7 Å². The standard InChI is InChI=1S/C12H15BrFNO/c1-15-6-2-3-11(16)7-9-4-5-10(14)8-12(9)13/h4-5,8,15H,2-3,6-7H2,1H3. The van der Waals surface area contributed by atoms with Gasteiger partial charge in [-0.2, -0.15) is 0 Å². The van der Waals surface area contributed by atoms with Gasteiger partial charge in [-0.1, -0.05) is 22.0 Å². The summed E-state index contributed by atoms with van der Waals surface area (Å²) in [5, 5.41) is 2.99. The zero-order valence-electron chi connectivity index (χ0n) is 9.22. The van der Waals surface area contributed by atoms with Gasteiger partial charge < -0.3 is 5.32 Å². The summed E-state index contributed by atoms with van der Waals surface area (Å²) in [6.45, 7) is 0.844. The van der Waals surface area contributed by atoms with Crippen molar-refractivity contribution in [3.8, 4) is 0 Å². The van der Waals surface area contributed by atoms with Crippen LogP contribution in [0, 0.1) is 5.82 Å². The van der Waals surface area contributed by atoms with E-state index in [9.17, 15) is 9.18 Å². The lowest BCUT2D eigenvalue weighted by Crippen LogP contribution is -2.11. The smallest absolute Gasteiger partial charge is 0.137 e. The lowest BCUT2D eigenvalue weighted by Gasteiger charge is -2.04. The summed E-state index contributed by atoms with van der Waals surface area (Å²) in [7, 11) is 1.86. The Morgan fingerprint density at radius 3 is 2.88 bits per heavy atom. The number of nitrogens with one attached hydrogen (secondary N) is 1. The van der Waals surface area contributed by atoms with Crippen LogP contribution in [-0.4, -0.2) is 19.4 Å². The molecule has 0 aromatic heterocycles. The van der Waals surface area contributed by atoms with Gasteiger partial charge in [-0.05, 0) is 37.7 Å². The van der Waals surface area contributed by atoms with Gasteiger partial charge in [0.1, 0.15) is 11.6 Å².